The lowest BCUT2D eigenvalue weighted by Crippen LogP contribution is -2.56. The molecule has 0 aliphatic heterocycles. The number of amides is 2. The molecule has 230 valence electrons. The number of rotatable bonds is 12. The zero-order valence-corrected chi connectivity index (χ0v) is 26.6. The van der Waals surface area contributed by atoms with E-state index in [0.29, 0.717) is 5.69 Å². The van der Waals surface area contributed by atoms with E-state index in [0.717, 1.165) is 27.4 Å². The lowest BCUT2D eigenvalue weighted by atomic mass is 10.0. The van der Waals surface area contributed by atoms with Crippen molar-refractivity contribution in [2.75, 3.05) is 10.8 Å². The van der Waals surface area contributed by atoms with Gasteiger partial charge in [-0.2, -0.15) is 0 Å². The Kier molecular flexibility index (Phi) is 10.6. The predicted molar refractivity (Wildman–Crippen MR) is 176 cm³/mol. The lowest BCUT2D eigenvalue weighted by molar-refractivity contribution is -0.140. The fourth-order valence-corrected chi connectivity index (χ4v) is 6.37. The molecular formula is C36H41N3O4S. The van der Waals surface area contributed by atoms with Crippen LogP contribution in [0.3, 0.4) is 0 Å². The van der Waals surface area contributed by atoms with E-state index in [2.05, 4.69) is 5.32 Å². The average molecular weight is 612 g/mol. The molecule has 0 aromatic heterocycles. The van der Waals surface area contributed by atoms with Crippen molar-refractivity contribution in [3.05, 3.63) is 132 Å². The number of carbonyl (C=O) groups is 2. The van der Waals surface area contributed by atoms with Gasteiger partial charge in [-0.3, -0.25) is 13.9 Å². The van der Waals surface area contributed by atoms with Gasteiger partial charge < -0.3 is 10.2 Å². The number of hydrogen-bond donors (Lipinski definition) is 1. The summed E-state index contributed by atoms with van der Waals surface area (Å²) in [6.07, 6.45) is 1.05. The first-order valence-corrected chi connectivity index (χ1v) is 16.3. The number of hydrogen-bond acceptors (Lipinski definition) is 4. The Hall–Kier alpha value is -4.43. The van der Waals surface area contributed by atoms with Gasteiger partial charge in [0, 0.05) is 18.5 Å². The highest BCUT2D eigenvalue weighted by Crippen LogP contribution is 2.26. The maximum Gasteiger partial charge on any atom is 0.264 e. The van der Waals surface area contributed by atoms with Gasteiger partial charge in [0.25, 0.3) is 10.0 Å². The van der Waals surface area contributed by atoms with Crippen LogP contribution in [0.5, 0.6) is 0 Å². The van der Waals surface area contributed by atoms with E-state index in [-0.39, 0.29) is 23.8 Å². The molecule has 0 unspecified atom stereocenters. The van der Waals surface area contributed by atoms with E-state index in [4.69, 9.17) is 0 Å². The van der Waals surface area contributed by atoms with Crippen molar-refractivity contribution < 1.29 is 18.0 Å². The normalized spacial score (nSPS) is 12.3. The van der Waals surface area contributed by atoms with Gasteiger partial charge in [0.05, 0.1) is 10.6 Å². The van der Waals surface area contributed by atoms with Crippen LogP contribution in [0.2, 0.25) is 0 Å². The van der Waals surface area contributed by atoms with Gasteiger partial charge in [0.1, 0.15) is 12.6 Å². The summed E-state index contributed by atoms with van der Waals surface area (Å²) in [6, 6.07) is 33.3. The highest BCUT2D eigenvalue weighted by atomic mass is 32.2. The van der Waals surface area contributed by atoms with E-state index in [1.165, 1.54) is 17.0 Å². The molecule has 2 amide bonds. The Morgan fingerprint density at radius 1 is 0.727 bits per heavy atom. The van der Waals surface area contributed by atoms with Crippen LogP contribution in [0.4, 0.5) is 5.69 Å². The number of carbonyl (C=O) groups excluding carboxylic acids is 2. The first kappa shape index (κ1) is 32.5. The molecular weight excluding hydrogens is 570 g/mol. The molecule has 44 heavy (non-hydrogen) atoms. The smallest absolute Gasteiger partial charge is 0.264 e. The van der Waals surface area contributed by atoms with Gasteiger partial charge in [0.15, 0.2) is 0 Å². The molecule has 4 rings (SSSR count). The van der Waals surface area contributed by atoms with Crippen molar-refractivity contribution in [1.29, 1.82) is 0 Å². The second kappa shape index (κ2) is 14.4. The van der Waals surface area contributed by atoms with Crippen molar-refractivity contribution in [2.24, 2.45) is 0 Å². The Balaban J connectivity index is 1.79. The molecule has 0 saturated carbocycles. The van der Waals surface area contributed by atoms with Crippen molar-refractivity contribution in [1.82, 2.24) is 10.2 Å². The number of sulfonamides is 1. The summed E-state index contributed by atoms with van der Waals surface area (Å²) in [4.78, 5) is 30.0. The molecule has 4 aromatic rings. The molecule has 0 bridgehead atoms. The molecule has 7 nitrogen and oxygen atoms in total. The van der Waals surface area contributed by atoms with Crippen LogP contribution in [0.25, 0.3) is 0 Å². The summed E-state index contributed by atoms with van der Waals surface area (Å²) in [5.41, 5.74) is 2.59. The van der Waals surface area contributed by atoms with Gasteiger partial charge in [-0.05, 0) is 68.1 Å². The van der Waals surface area contributed by atoms with Gasteiger partial charge in [-0.1, -0.05) is 97.9 Å². The summed E-state index contributed by atoms with van der Waals surface area (Å²) in [7, 11) is -4.12. The van der Waals surface area contributed by atoms with Crippen LogP contribution in [-0.4, -0.2) is 43.3 Å². The summed E-state index contributed by atoms with van der Waals surface area (Å²) in [5.74, 6) is -0.798. The van der Waals surface area contributed by atoms with Gasteiger partial charge in [-0.25, -0.2) is 8.42 Å². The van der Waals surface area contributed by atoms with E-state index in [9.17, 15) is 18.0 Å². The zero-order chi connectivity index (χ0) is 31.7. The predicted octanol–water partition coefficient (Wildman–Crippen LogP) is 6.00. The van der Waals surface area contributed by atoms with Gasteiger partial charge >= 0.3 is 0 Å². The fourth-order valence-electron chi connectivity index (χ4n) is 4.93. The minimum absolute atomic E-state index is 0.0771. The van der Waals surface area contributed by atoms with Crippen LogP contribution in [0.1, 0.15) is 44.4 Å². The molecule has 0 spiro atoms. The number of nitrogens with one attached hydrogen (secondary N) is 1. The fraction of sp³-hybridized carbons (Fsp3) is 0.278. The number of benzene rings is 4. The second-order valence-electron chi connectivity index (χ2n) is 11.8. The maximum atomic E-state index is 14.5. The summed E-state index contributed by atoms with van der Waals surface area (Å²) in [5, 5.41) is 3.05. The quantitative estimate of drug-likeness (QED) is 0.213. The van der Waals surface area contributed by atoms with E-state index >= 15 is 0 Å². The molecule has 0 radical (unpaired) electrons. The Labute approximate surface area is 261 Å². The minimum atomic E-state index is -4.12. The first-order valence-electron chi connectivity index (χ1n) is 14.8. The molecule has 1 N–H and O–H groups in total. The van der Waals surface area contributed by atoms with E-state index in [1.807, 2.05) is 100 Å². The standard InChI is InChI=1S/C36H41N3O4S/c1-5-28-21-23-31(24-22-28)39(44(42,43)32-19-13-8-14-20-32)27-34(40)38(26-30-17-11-7-12-18-30)33(35(41)37-36(2,3)4)25-29-15-9-6-10-16-29/h6-24,33H,5,25-27H2,1-4H3,(H,37,41)/t33-/m1/s1. The molecule has 0 heterocycles. The third-order valence-corrected chi connectivity index (χ3v) is 9.00. The van der Waals surface area contributed by atoms with Gasteiger partial charge in [0.2, 0.25) is 11.8 Å². The van der Waals surface area contributed by atoms with Gasteiger partial charge in [-0.15, -0.1) is 0 Å². The molecule has 0 saturated heterocycles. The average Bonchev–Trinajstić information content (AvgIpc) is 3.02. The third-order valence-electron chi connectivity index (χ3n) is 7.21. The topological polar surface area (TPSA) is 86.8 Å². The second-order valence-corrected chi connectivity index (χ2v) is 13.7. The van der Waals surface area contributed by atoms with Crippen molar-refractivity contribution in [3.8, 4) is 0 Å². The number of nitrogens with zero attached hydrogens (tertiary/aromatic N) is 2. The molecule has 8 heteroatoms. The monoisotopic (exact) mass is 611 g/mol. The summed E-state index contributed by atoms with van der Waals surface area (Å²) < 4.78 is 29.3. The highest BCUT2D eigenvalue weighted by molar-refractivity contribution is 7.92. The highest BCUT2D eigenvalue weighted by Gasteiger charge is 2.35. The molecule has 1 atom stereocenters. The molecule has 0 aliphatic rings. The van der Waals surface area contributed by atoms with Crippen molar-refractivity contribution in [3.63, 3.8) is 0 Å². The van der Waals surface area contributed by atoms with Crippen LogP contribution in [0, 0.1) is 0 Å². The molecule has 0 aliphatic carbocycles. The Bertz CT molecular complexity index is 1620. The minimum Gasteiger partial charge on any atom is -0.350 e. The zero-order valence-electron chi connectivity index (χ0n) is 25.8. The Morgan fingerprint density at radius 2 is 1.25 bits per heavy atom. The number of anilines is 1. The van der Waals surface area contributed by atoms with E-state index < -0.39 is 34.1 Å². The molecule has 0 fully saturated rings. The van der Waals surface area contributed by atoms with Crippen LogP contribution in [-0.2, 0) is 39.0 Å². The van der Waals surface area contributed by atoms with E-state index in [1.54, 1.807) is 30.3 Å². The van der Waals surface area contributed by atoms with Crippen LogP contribution in [0.15, 0.2) is 120 Å². The maximum absolute atomic E-state index is 14.5. The SMILES string of the molecule is CCc1ccc(N(CC(=O)N(Cc2ccccc2)[C@H](Cc2ccccc2)C(=O)NC(C)(C)C)S(=O)(=O)c2ccccc2)cc1. The Morgan fingerprint density at radius 3 is 1.77 bits per heavy atom. The summed E-state index contributed by atoms with van der Waals surface area (Å²) in [6.45, 7) is 7.34. The lowest BCUT2D eigenvalue weighted by Gasteiger charge is -2.35. The van der Waals surface area contributed by atoms with Crippen LogP contribution < -0.4 is 9.62 Å². The number of aryl methyl sites for hydroxylation is 1. The summed E-state index contributed by atoms with van der Waals surface area (Å²) >= 11 is 0. The molecule has 4 aromatic carbocycles. The largest absolute Gasteiger partial charge is 0.350 e. The van der Waals surface area contributed by atoms with Crippen molar-refractivity contribution in [2.45, 2.75) is 63.6 Å². The third kappa shape index (κ3) is 8.57. The first-order chi connectivity index (χ1) is 21.0. The van der Waals surface area contributed by atoms with Crippen LogP contribution >= 0.6 is 0 Å². The van der Waals surface area contributed by atoms with Crippen molar-refractivity contribution >= 4 is 27.5 Å².